The van der Waals surface area contributed by atoms with Crippen molar-refractivity contribution in [1.82, 2.24) is 5.32 Å². The maximum Gasteiger partial charge on any atom is 0.280 e. The van der Waals surface area contributed by atoms with Crippen LogP contribution in [0, 0.1) is 16.0 Å². The van der Waals surface area contributed by atoms with Crippen LogP contribution in [0.4, 0.5) is 5.69 Å². The molecular weight excluding hydrogens is 246 g/mol. The van der Waals surface area contributed by atoms with Crippen molar-refractivity contribution in [2.75, 3.05) is 0 Å². The normalized spacial score (nSPS) is 22.3. The van der Waals surface area contributed by atoms with E-state index in [2.05, 4.69) is 10.3 Å². The van der Waals surface area contributed by atoms with Gasteiger partial charge in [-0.25, -0.2) is 0 Å². The third-order valence-electron chi connectivity index (χ3n) is 3.52. The molecule has 1 aliphatic heterocycles. The number of nitrogens with zero attached hydrogens (tertiary/aromatic N) is 2. The molecule has 6 heteroatoms. The van der Waals surface area contributed by atoms with E-state index < -0.39 is 10.5 Å². The van der Waals surface area contributed by atoms with Crippen LogP contribution in [0.5, 0.6) is 0 Å². The number of benzene rings is 1. The Kier molecular flexibility index (Phi) is 3.09. The van der Waals surface area contributed by atoms with E-state index in [-0.39, 0.29) is 23.3 Å². The van der Waals surface area contributed by atoms with Gasteiger partial charge in [-0.1, -0.05) is 26.0 Å². The molecule has 1 atom stereocenters. The monoisotopic (exact) mass is 261 g/mol. The topological polar surface area (TPSA) is 84.6 Å². The van der Waals surface area contributed by atoms with Crippen molar-refractivity contribution in [3.8, 4) is 0 Å². The highest BCUT2D eigenvalue weighted by Crippen LogP contribution is 2.29. The highest BCUT2D eigenvalue weighted by Gasteiger charge is 2.42. The maximum absolute atomic E-state index is 12.0. The molecule has 1 aliphatic rings. The average molecular weight is 261 g/mol. The summed E-state index contributed by atoms with van der Waals surface area (Å²) in [6.07, 6.45) is 0. The van der Waals surface area contributed by atoms with Crippen LogP contribution in [-0.4, -0.2) is 22.2 Å². The van der Waals surface area contributed by atoms with E-state index in [1.807, 2.05) is 13.8 Å². The van der Waals surface area contributed by atoms with Crippen LogP contribution >= 0.6 is 0 Å². The van der Waals surface area contributed by atoms with Crippen molar-refractivity contribution in [3.63, 3.8) is 0 Å². The lowest BCUT2D eigenvalue weighted by molar-refractivity contribution is -0.385. The average Bonchev–Trinajstić information content (AvgIpc) is 2.67. The third-order valence-corrected chi connectivity index (χ3v) is 3.52. The molecule has 1 aromatic rings. The Morgan fingerprint density at radius 2 is 2.00 bits per heavy atom. The standard InChI is InChI=1S/C13H15N3O3/c1-8(2)13(3)12(17)14-11(15-13)9-6-4-5-7-10(9)16(18)19/h4-8H,1-3H3,(H,14,15,17)/t13-/m0/s1. The lowest BCUT2D eigenvalue weighted by Crippen LogP contribution is -2.41. The van der Waals surface area contributed by atoms with Crippen LogP contribution in [0.1, 0.15) is 26.3 Å². The predicted octanol–water partition coefficient (Wildman–Crippen LogP) is 1.89. The fourth-order valence-corrected chi connectivity index (χ4v) is 1.90. The summed E-state index contributed by atoms with van der Waals surface area (Å²) in [5.41, 5.74) is -0.598. The van der Waals surface area contributed by atoms with Crippen LogP contribution in [0.15, 0.2) is 29.3 Å². The molecule has 0 radical (unpaired) electrons. The second-order valence-corrected chi connectivity index (χ2v) is 4.99. The minimum Gasteiger partial charge on any atom is -0.308 e. The zero-order valence-corrected chi connectivity index (χ0v) is 11.0. The van der Waals surface area contributed by atoms with Crippen molar-refractivity contribution >= 4 is 17.4 Å². The summed E-state index contributed by atoms with van der Waals surface area (Å²) in [5.74, 6) is 0.0527. The molecule has 1 amide bonds. The first-order chi connectivity index (χ1) is 8.86. The molecule has 0 spiro atoms. The molecule has 0 aromatic heterocycles. The maximum atomic E-state index is 12.0. The van der Waals surface area contributed by atoms with Crippen LogP contribution in [0.25, 0.3) is 0 Å². The SMILES string of the molecule is CC(C)[C@]1(C)N=C(c2ccccc2[N+](=O)[O-])NC1=O. The molecule has 19 heavy (non-hydrogen) atoms. The van der Waals surface area contributed by atoms with Crippen molar-refractivity contribution < 1.29 is 9.72 Å². The molecule has 6 nitrogen and oxygen atoms in total. The molecule has 0 saturated carbocycles. The highest BCUT2D eigenvalue weighted by molar-refractivity contribution is 6.16. The second-order valence-electron chi connectivity index (χ2n) is 4.99. The summed E-state index contributed by atoms with van der Waals surface area (Å²) >= 11 is 0. The molecule has 0 saturated heterocycles. The Labute approximate surface area is 110 Å². The fourth-order valence-electron chi connectivity index (χ4n) is 1.90. The van der Waals surface area contributed by atoms with Gasteiger partial charge in [-0.05, 0) is 18.9 Å². The number of para-hydroxylation sites is 1. The predicted molar refractivity (Wildman–Crippen MR) is 71.0 cm³/mol. The summed E-state index contributed by atoms with van der Waals surface area (Å²) in [4.78, 5) is 26.9. The number of carbonyl (C=O) groups is 1. The van der Waals surface area contributed by atoms with Gasteiger partial charge in [0.15, 0.2) is 0 Å². The number of hydrogen-bond donors (Lipinski definition) is 1. The Morgan fingerprint density at radius 3 is 2.53 bits per heavy atom. The first-order valence-corrected chi connectivity index (χ1v) is 6.01. The second kappa shape index (κ2) is 4.46. The van der Waals surface area contributed by atoms with Crippen LogP contribution < -0.4 is 5.32 Å². The van der Waals surface area contributed by atoms with Gasteiger partial charge in [0.05, 0.1) is 10.5 Å². The zero-order valence-electron chi connectivity index (χ0n) is 11.0. The van der Waals surface area contributed by atoms with Crippen molar-refractivity contribution in [2.45, 2.75) is 26.3 Å². The molecule has 1 aromatic carbocycles. The Bertz CT molecular complexity index is 580. The highest BCUT2D eigenvalue weighted by atomic mass is 16.6. The minimum atomic E-state index is -0.876. The van der Waals surface area contributed by atoms with E-state index in [0.717, 1.165) is 0 Å². The fraction of sp³-hybridized carbons (Fsp3) is 0.385. The van der Waals surface area contributed by atoms with Crippen LogP contribution in [-0.2, 0) is 4.79 Å². The van der Waals surface area contributed by atoms with Crippen LogP contribution in [0.3, 0.4) is 0 Å². The number of nitro groups is 1. The minimum absolute atomic E-state index is 0.00719. The largest absolute Gasteiger partial charge is 0.308 e. The van der Waals surface area contributed by atoms with E-state index in [4.69, 9.17) is 0 Å². The van der Waals surface area contributed by atoms with Gasteiger partial charge in [0.2, 0.25) is 0 Å². The van der Waals surface area contributed by atoms with Gasteiger partial charge in [0.25, 0.3) is 11.6 Å². The molecule has 100 valence electrons. The Morgan fingerprint density at radius 1 is 1.37 bits per heavy atom. The van der Waals surface area contributed by atoms with E-state index in [1.165, 1.54) is 6.07 Å². The summed E-state index contributed by atoms with van der Waals surface area (Å²) in [6.45, 7) is 5.52. The van der Waals surface area contributed by atoms with E-state index >= 15 is 0 Å². The number of carbonyl (C=O) groups excluding carboxylic acids is 1. The number of aliphatic imine (C=N–C) groups is 1. The molecule has 0 bridgehead atoms. The molecule has 1 heterocycles. The van der Waals surface area contributed by atoms with Gasteiger partial charge < -0.3 is 5.32 Å². The Balaban J connectivity index is 2.51. The number of nitrogens with one attached hydrogen (secondary N) is 1. The molecule has 1 N–H and O–H groups in total. The summed E-state index contributed by atoms with van der Waals surface area (Å²) in [6, 6.07) is 6.25. The molecule has 0 aliphatic carbocycles. The first-order valence-electron chi connectivity index (χ1n) is 6.01. The van der Waals surface area contributed by atoms with E-state index in [9.17, 15) is 14.9 Å². The quantitative estimate of drug-likeness (QED) is 0.666. The number of nitro benzene ring substituents is 1. The third kappa shape index (κ3) is 2.09. The lowest BCUT2D eigenvalue weighted by atomic mass is 9.89. The number of hydrogen-bond acceptors (Lipinski definition) is 4. The Hall–Kier alpha value is -2.24. The van der Waals surface area contributed by atoms with Gasteiger partial charge in [-0.3, -0.25) is 19.9 Å². The van der Waals surface area contributed by atoms with Crippen LogP contribution in [0.2, 0.25) is 0 Å². The summed E-state index contributed by atoms with van der Waals surface area (Å²) in [5, 5.41) is 13.6. The number of rotatable bonds is 3. The van der Waals surface area contributed by atoms with Gasteiger partial charge in [-0.15, -0.1) is 0 Å². The van der Waals surface area contributed by atoms with Gasteiger partial charge in [-0.2, -0.15) is 0 Å². The number of amides is 1. The summed E-state index contributed by atoms with van der Waals surface area (Å²) < 4.78 is 0. The molecule has 0 unspecified atom stereocenters. The molecule has 2 rings (SSSR count). The first kappa shape index (κ1) is 13.2. The van der Waals surface area contributed by atoms with E-state index in [1.54, 1.807) is 25.1 Å². The van der Waals surface area contributed by atoms with Gasteiger partial charge in [0, 0.05) is 6.07 Å². The van der Waals surface area contributed by atoms with Crippen molar-refractivity contribution in [3.05, 3.63) is 39.9 Å². The molecule has 0 fully saturated rings. The molecular formula is C13H15N3O3. The van der Waals surface area contributed by atoms with Gasteiger partial charge >= 0.3 is 0 Å². The lowest BCUT2D eigenvalue weighted by Gasteiger charge is -2.21. The van der Waals surface area contributed by atoms with E-state index in [0.29, 0.717) is 5.56 Å². The zero-order chi connectivity index (χ0) is 14.2. The summed E-state index contributed by atoms with van der Waals surface area (Å²) in [7, 11) is 0. The van der Waals surface area contributed by atoms with Crippen molar-refractivity contribution in [1.29, 1.82) is 0 Å². The smallest absolute Gasteiger partial charge is 0.280 e. The van der Waals surface area contributed by atoms with Gasteiger partial charge in [0.1, 0.15) is 11.4 Å². The number of amidine groups is 1. The van der Waals surface area contributed by atoms with Crippen molar-refractivity contribution in [2.24, 2.45) is 10.9 Å².